The lowest BCUT2D eigenvalue weighted by Gasteiger charge is -2.14. The zero-order valence-corrected chi connectivity index (χ0v) is 23.1. The maximum absolute atomic E-state index is 14.0. The molecule has 0 fully saturated rings. The number of carboxylic acids is 1. The van der Waals surface area contributed by atoms with E-state index in [1.54, 1.807) is 18.3 Å². The van der Waals surface area contributed by atoms with E-state index in [0.29, 0.717) is 11.1 Å². The summed E-state index contributed by atoms with van der Waals surface area (Å²) in [6.07, 6.45) is 0.832. The molecule has 2 heterocycles. The monoisotopic (exact) mass is 595 g/mol. The van der Waals surface area contributed by atoms with Crippen LogP contribution in [0, 0.1) is 12.7 Å². The number of aromatic nitrogens is 3. The smallest absolute Gasteiger partial charge is 0.433 e. The van der Waals surface area contributed by atoms with Crippen molar-refractivity contribution < 1.29 is 37.0 Å². The number of nitrogens with zero attached hydrogens (tertiary/aromatic N) is 4. The average Bonchev–Trinajstić information content (AvgIpc) is 2.97. The number of carboxylic acid groups (broad SMARTS) is 1. The average molecular weight is 596 g/mol. The quantitative estimate of drug-likeness (QED) is 0.139. The molecular weight excluding hydrogens is 570 g/mol. The Kier molecular flexibility index (Phi) is 10.8. The van der Waals surface area contributed by atoms with Crippen molar-refractivity contribution in [3.63, 3.8) is 0 Å². The van der Waals surface area contributed by atoms with Gasteiger partial charge in [-0.15, -0.1) is 0 Å². The molecule has 0 radical (unpaired) electrons. The van der Waals surface area contributed by atoms with E-state index in [-0.39, 0.29) is 23.0 Å². The van der Waals surface area contributed by atoms with Crippen LogP contribution < -0.4 is 10.1 Å². The molecule has 0 spiro atoms. The first-order chi connectivity index (χ1) is 20.4. The molecular formula is C30H25F4N5O4. The van der Waals surface area contributed by atoms with Gasteiger partial charge in [-0.2, -0.15) is 13.2 Å². The van der Waals surface area contributed by atoms with E-state index in [1.165, 1.54) is 37.5 Å². The predicted molar refractivity (Wildman–Crippen MR) is 152 cm³/mol. The summed E-state index contributed by atoms with van der Waals surface area (Å²) in [6.45, 7) is 3.28. The topological polar surface area (TPSA) is 127 Å². The first kappa shape index (κ1) is 32.1. The molecule has 0 atom stereocenters. The lowest BCUT2D eigenvalue weighted by Crippen LogP contribution is -2.31. The summed E-state index contributed by atoms with van der Waals surface area (Å²) in [5, 5.41) is 11.3. The van der Waals surface area contributed by atoms with Crippen molar-refractivity contribution in [1.82, 2.24) is 15.0 Å². The van der Waals surface area contributed by atoms with Crippen molar-refractivity contribution in [3.05, 3.63) is 108 Å². The Labute approximate surface area is 243 Å². The normalized spacial score (nSPS) is 11.7. The third-order valence-electron chi connectivity index (χ3n) is 5.58. The van der Waals surface area contributed by atoms with Crippen LogP contribution in [0.2, 0.25) is 0 Å². The van der Waals surface area contributed by atoms with E-state index in [9.17, 15) is 27.2 Å². The maximum Gasteiger partial charge on any atom is 0.433 e. The molecule has 2 N–H and O–H groups in total. The fourth-order valence-corrected chi connectivity index (χ4v) is 3.50. The third-order valence-corrected chi connectivity index (χ3v) is 5.58. The van der Waals surface area contributed by atoms with Gasteiger partial charge in [0.15, 0.2) is 17.3 Å². The molecule has 0 aliphatic carbocycles. The van der Waals surface area contributed by atoms with Gasteiger partial charge in [-0.3, -0.25) is 14.8 Å². The lowest BCUT2D eigenvalue weighted by molar-refractivity contribution is -0.113. The highest BCUT2D eigenvalue weighted by molar-refractivity contribution is 6.27. The minimum Gasteiger partial charge on any atom is -0.478 e. The number of aromatic carboxylic acids is 1. The van der Waals surface area contributed by atoms with Crippen LogP contribution in [-0.4, -0.2) is 50.9 Å². The van der Waals surface area contributed by atoms with E-state index in [4.69, 9.17) is 9.84 Å². The van der Waals surface area contributed by atoms with Crippen LogP contribution in [-0.2, 0) is 4.79 Å². The van der Waals surface area contributed by atoms with Crippen molar-refractivity contribution in [1.29, 1.82) is 0 Å². The molecule has 0 aliphatic rings. The summed E-state index contributed by atoms with van der Waals surface area (Å²) in [5.41, 5.74) is 0.354. The molecule has 222 valence electrons. The molecule has 13 heteroatoms. The van der Waals surface area contributed by atoms with Crippen LogP contribution in [0.4, 0.5) is 23.2 Å². The minimum absolute atomic E-state index is 0.179. The van der Waals surface area contributed by atoms with Gasteiger partial charge in [0.25, 0.3) is 5.91 Å². The number of benzene rings is 2. The number of anilines is 1. The zero-order chi connectivity index (χ0) is 31.6. The van der Waals surface area contributed by atoms with Crippen molar-refractivity contribution in [2.24, 2.45) is 4.99 Å². The van der Waals surface area contributed by atoms with Gasteiger partial charge >= 0.3 is 18.2 Å². The Bertz CT molecular complexity index is 1620. The highest BCUT2D eigenvalue weighted by atomic mass is 19.4. The summed E-state index contributed by atoms with van der Waals surface area (Å²) in [6, 6.07) is 15.0. The summed E-state index contributed by atoms with van der Waals surface area (Å²) in [7, 11) is 0.957. The molecule has 0 saturated heterocycles. The second-order valence-electron chi connectivity index (χ2n) is 8.58. The Balaban J connectivity index is 0.000000633. The maximum atomic E-state index is 14.0. The van der Waals surface area contributed by atoms with Crippen LogP contribution in [0.1, 0.15) is 23.0 Å². The number of amides is 1. The molecule has 2 aromatic carbocycles. The minimum atomic E-state index is -4.78. The van der Waals surface area contributed by atoms with Gasteiger partial charge in [0.1, 0.15) is 0 Å². The summed E-state index contributed by atoms with van der Waals surface area (Å²) >= 11 is 0. The van der Waals surface area contributed by atoms with E-state index in [0.717, 1.165) is 31.0 Å². The molecule has 4 rings (SSSR count). The van der Waals surface area contributed by atoms with Gasteiger partial charge in [0.05, 0.1) is 11.1 Å². The van der Waals surface area contributed by atoms with Crippen molar-refractivity contribution >= 4 is 23.3 Å². The Morgan fingerprint density at radius 2 is 1.65 bits per heavy atom. The first-order valence-electron chi connectivity index (χ1n) is 12.5. The number of ether oxygens (including phenoxy) is 1. The second-order valence-corrected chi connectivity index (χ2v) is 8.58. The van der Waals surface area contributed by atoms with Crippen molar-refractivity contribution in [2.45, 2.75) is 20.0 Å². The number of carbonyl (C=O) groups is 2. The van der Waals surface area contributed by atoms with Gasteiger partial charge in [-0.25, -0.2) is 19.2 Å². The molecule has 9 nitrogen and oxygen atoms in total. The van der Waals surface area contributed by atoms with Crippen LogP contribution in [0.25, 0.3) is 11.1 Å². The first-order valence-corrected chi connectivity index (χ1v) is 12.5. The fourth-order valence-electron chi connectivity index (χ4n) is 3.50. The highest BCUT2D eigenvalue weighted by Gasteiger charge is 2.39. The number of halogens is 4. The molecule has 4 aromatic rings. The second kappa shape index (κ2) is 14.4. The van der Waals surface area contributed by atoms with E-state index >= 15 is 0 Å². The van der Waals surface area contributed by atoms with E-state index < -0.39 is 35.2 Å². The van der Waals surface area contributed by atoms with Crippen molar-refractivity contribution in [2.75, 3.05) is 12.4 Å². The van der Waals surface area contributed by atoms with E-state index in [2.05, 4.69) is 25.3 Å². The fraction of sp³-hybridized carbons (Fsp3) is 0.133. The van der Waals surface area contributed by atoms with Crippen LogP contribution in [0.5, 0.6) is 11.8 Å². The Hall–Kier alpha value is -5.46. The van der Waals surface area contributed by atoms with Gasteiger partial charge < -0.3 is 15.2 Å². The summed E-state index contributed by atoms with van der Waals surface area (Å²) < 4.78 is 58.6. The number of aryl methyl sites for hydroxylation is 1. The Morgan fingerprint density at radius 3 is 2.12 bits per heavy atom. The van der Waals surface area contributed by atoms with Crippen LogP contribution in [0.15, 0.2) is 95.9 Å². The number of hydrogen-bond acceptors (Lipinski definition) is 7. The van der Waals surface area contributed by atoms with Crippen molar-refractivity contribution in [3.8, 4) is 22.9 Å². The van der Waals surface area contributed by atoms with Gasteiger partial charge in [0.2, 0.25) is 0 Å². The number of aliphatic imine (C=N–C) groups is 1. The van der Waals surface area contributed by atoms with Gasteiger partial charge in [-0.1, -0.05) is 24.3 Å². The third kappa shape index (κ3) is 9.01. The molecule has 1 amide bonds. The SMILES string of the molecule is C/C=C(/C(=O)Nc1ccc(-c2cnc(Oc3ccc(C(=O)O)cc3F)nc2)cc1)C(=NC)C(F)(F)F.Cc1ccccn1. The number of pyridine rings is 1. The number of hydrogen-bond donors (Lipinski definition) is 2. The standard InChI is InChI=1S/C24H18F4N4O4.C6H7N/c1-3-17(20(29-2)24(26,27)28)21(33)32-16-7-4-13(5-8-16)15-11-30-23(31-12-15)36-19-9-6-14(22(34)35)10-18(19)25;1-6-4-2-3-5-7-6/h3-12H,1-2H3,(H,32,33)(H,34,35);2-5H,1H3/b17-3+,29-20?;. The molecule has 43 heavy (non-hydrogen) atoms. The summed E-state index contributed by atoms with van der Waals surface area (Å²) in [4.78, 5) is 38.4. The largest absolute Gasteiger partial charge is 0.478 e. The number of nitrogens with one attached hydrogen (secondary N) is 1. The van der Waals surface area contributed by atoms with Gasteiger partial charge in [0, 0.05) is 42.6 Å². The summed E-state index contributed by atoms with van der Waals surface area (Å²) in [5.74, 6) is -3.39. The predicted octanol–water partition coefficient (Wildman–Crippen LogP) is 6.68. The van der Waals surface area contributed by atoms with Crippen LogP contribution >= 0.6 is 0 Å². The Morgan fingerprint density at radius 1 is 0.977 bits per heavy atom. The number of rotatable bonds is 7. The number of allylic oxidation sites excluding steroid dienone is 1. The zero-order valence-electron chi connectivity index (χ0n) is 23.1. The molecule has 2 aromatic heterocycles. The lowest BCUT2D eigenvalue weighted by atomic mass is 10.1. The number of alkyl halides is 3. The molecule has 0 bridgehead atoms. The van der Waals surface area contributed by atoms with E-state index in [1.807, 2.05) is 25.1 Å². The van der Waals surface area contributed by atoms with Gasteiger partial charge in [-0.05, 0) is 61.9 Å². The molecule has 0 saturated carbocycles. The molecule has 0 aliphatic heterocycles. The number of carbonyl (C=O) groups excluding carboxylic acids is 1. The highest BCUT2D eigenvalue weighted by Crippen LogP contribution is 2.26. The molecule has 0 unspecified atom stereocenters. The van der Waals surface area contributed by atoms with Crippen LogP contribution in [0.3, 0.4) is 0 Å².